The maximum absolute atomic E-state index is 12.3. The monoisotopic (exact) mass is 423 g/mol. The molecule has 2 aromatic rings. The summed E-state index contributed by atoms with van der Waals surface area (Å²) in [5, 5.41) is 0.437. The molecule has 0 atom stereocenters. The molecule has 100 valence electrons. The van der Waals surface area contributed by atoms with Crippen LogP contribution in [-0.2, 0) is 10.0 Å². The van der Waals surface area contributed by atoms with Crippen LogP contribution < -0.4 is 4.72 Å². The molecule has 0 bridgehead atoms. The van der Waals surface area contributed by atoms with E-state index in [1.807, 2.05) is 0 Å². The van der Waals surface area contributed by atoms with Crippen molar-refractivity contribution in [2.45, 2.75) is 4.90 Å². The summed E-state index contributed by atoms with van der Waals surface area (Å²) in [5.41, 5.74) is 0.392. The highest BCUT2D eigenvalue weighted by atomic mass is 79.9. The number of hydrogen-bond acceptors (Lipinski definition) is 2. The lowest BCUT2D eigenvalue weighted by molar-refractivity contribution is 0.600. The fourth-order valence-electron chi connectivity index (χ4n) is 1.45. The molecule has 0 amide bonds. The van der Waals surface area contributed by atoms with Gasteiger partial charge in [-0.3, -0.25) is 4.72 Å². The Balaban J connectivity index is 2.43. The highest BCUT2D eigenvalue weighted by Crippen LogP contribution is 2.32. The average Bonchev–Trinajstić information content (AvgIpc) is 2.35. The van der Waals surface area contributed by atoms with Crippen molar-refractivity contribution in [3.63, 3.8) is 0 Å². The Bertz CT molecular complexity index is 719. The molecule has 0 fully saturated rings. The highest BCUT2D eigenvalue weighted by molar-refractivity contribution is 9.11. The zero-order valence-electron chi connectivity index (χ0n) is 9.40. The van der Waals surface area contributed by atoms with Crippen LogP contribution in [0.2, 0.25) is 5.02 Å². The normalized spacial score (nSPS) is 11.3. The molecule has 0 aliphatic heterocycles. The lowest BCUT2D eigenvalue weighted by Crippen LogP contribution is -2.13. The summed E-state index contributed by atoms with van der Waals surface area (Å²) in [6.45, 7) is 0. The number of rotatable bonds is 3. The Morgan fingerprint density at radius 2 is 1.68 bits per heavy atom. The Hall–Kier alpha value is -0.560. The SMILES string of the molecule is O=S(=O)(Nc1cccc(Cl)c1Br)c1ccccc1Br. The Labute approximate surface area is 133 Å². The van der Waals surface area contributed by atoms with Crippen molar-refractivity contribution in [2.24, 2.45) is 0 Å². The highest BCUT2D eigenvalue weighted by Gasteiger charge is 2.18. The van der Waals surface area contributed by atoms with Crippen molar-refractivity contribution < 1.29 is 8.42 Å². The van der Waals surface area contributed by atoms with Crippen molar-refractivity contribution in [3.8, 4) is 0 Å². The summed E-state index contributed by atoms with van der Waals surface area (Å²) in [6.07, 6.45) is 0. The van der Waals surface area contributed by atoms with E-state index in [9.17, 15) is 8.42 Å². The molecule has 2 rings (SSSR count). The van der Waals surface area contributed by atoms with Crippen molar-refractivity contribution in [3.05, 3.63) is 56.4 Å². The van der Waals surface area contributed by atoms with Gasteiger partial charge in [-0.1, -0.05) is 29.8 Å². The van der Waals surface area contributed by atoms with E-state index in [2.05, 4.69) is 36.6 Å². The van der Waals surface area contributed by atoms with E-state index in [-0.39, 0.29) is 4.90 Å². The molecule has 0 saturated heterocycles. The zero-order valence-corrected chi connectivity index (χ0v) is 14.1. The fraction of sp³-hybridized carbons (Fsp3) is 0. The second kappa shape index (κ2) is 5.83. The zero-order chi connectivity index (χ0) is 14.0. The van der Waals surface area contributed by atoms with Gasteiger partial charge in [0.1, 0.15) is 4.90 Å². The lowest BCUT2D eigenvalue weighted by Gasteiger charge is -2.11. The van der Waals surface area contributed by atoms with Gasteiger partial charge in [0.05, 0.1) is 15.2 Å². The number of sulfonamides is 1. The fourth-order valence-corrected chi connectivity index (χ4v) is 4.19. The van der Waals surface area contributed by atoms with Crippen LogP contribution in [0.1, 0.15) is 0 Å². The molecule has 7 heteroatoms. The summed E-state index contributed by atoms with van der Waals surface area (Å²) < 4.78 is 28.1. The van der Waals surface area contributed by atoms with Crippen LogP contribution in [0.5, 0.6) is 0 Å². The van der Waals surface area contributed by atoms with E-state index in [4.69, 9.17) is 11.6 Å². The van der Waals surface area contributed by atoms with Gasteiger partial charge in [-0.05, 0) is 56.1 Å². The third-order valence-corrected chi connectivity index (χ3v) is 6.10. The van der Waals surface area contributed by atoms with Gasteiger partial charge in [0.25, 0.3) is 10.0 Å². The van der Waals surface area contributed by atoms with E-state index in [0.29, 0.717) is 19.7 Å². The van der Waals surface area contributed by atoms with E-state index < -0.39 is 10.0 Å². The van der Waals surface area contributed by atoms with Crippen LogP contribution in [0.15, 0.2) is 56.3 Å². The molecule has 0 radical (unpaired) electrons. The van der Waals surface area contributed by atoms with Crippen LogP contribution in [0.3, 0.4) is 0 Å². The summed E-state index contributed by atoms with van der Waals surface area (Å²) in [6, 6.07) is 11.6. The van der Waals surface area contributed by atoms with E-state index in [1.165, 1.54) is 6.07 Å². The molecule has 0 heterocycles. The van der Waals surface area contributed by atoms with Gasteiger partial charge < -0.3 is 0 Å². The summed E-state index contributed by atoms with van der Waals surface area (Å²) in [7, 11) is -3.67. The number of hydrogen-bond donors (Lipinski definition) is 1. The number of benzene rings is 2. The lowest BCUT2D eigenvalue weighted by atomic mass is 10.3. The van der Waals surface area contributed by atoms with Crippen LogP contribution in [0, 0.1) is 0 Å². The molecular weight excluding hydrogens is 417 g/mol. The smallest absolute Gasteiger partial charge is 0.263 e. The first-order valence-electron chi connectivity index (χ1n) is 5.13. The van der Waals surface area contributed by atoms with Crippen LogP contribution in [-0.4, -0.2) is 8.42 Å². The molecule has 2 aromatic carbocycles. The van der Waals surface area contributed by atoms with Gasteiger partial charge in [-0.25, -0.2) is 8.42 Å². The molecule has 0 unspecified atom stereocenters. The third-order valence-electron chi connectivity index (χ3n) is 2.32. The summed E-state index contributed by atoms with van der Waals surface area (Å²) in [4.78, 5) is 0.168. The molecule has 0 spiro atoms. The van der Waals surface area contributed by atoms with Gasteiger partial charge in [0, 0.05) is 4.47 Å². The van der Waals surface area contributed by atoms with Crippen LogP contribution in [0.25, 0.3) is 0 Å². The van der Waals surface area contributed by atoms with Crippen molar-refractivity contribution >= 4 is 59.2 Å². The molecule has 0 aromatic heterocycles. The minimum atomic E-state index is -3.67. The Kier molecular flexibility index (Phi) is 4.55. The maximum Gasteiger partial charge on any atom is 0.263 e. The molecule has 0 saturated carbocycles. The molecule has 1 N–H and O–H groups in total. The van der Waals surface area contributed by atoms with E-state index in [0.717, 1.165) is 0 Å². The standard InChI is InChI=1S/C12H8Br2ClNO2S/c13-8-4-1-2-7-11(8)19(17,18)16-10-6-3-5-9(15)12(10)14/h1-7,16H. The molecule has 3 nitrogen and oxygen atoms in total. The molecule has 0 aliphatic carbocycles. The average molecular weight is 426 g/mol. The number of nitrogens with one attached hydrogen (secondary N) is 1. The predicted octanol–water partition coefficient (Wildman–Crippen LogP) is 4.67. The topological polar surface area (TPSA) is 46.2 Å². The largest absolute Gasteiger partial charge is 0.278 e. The summed E-state index contributed by atoms with van der Waals surface area (Å²) >= 11 is 12.4. The first-order valence-corrected chi connectivity index (χ1v) is 8.58. The van der Waals surface area contributed by atoms with Gasteiger partial charge in [0.2, 0.25) is 0 Å². The van der Waals surface area contributed by atoms with E-state index >= 15 is 0 Å². The van der Waals surface area contributed by atoms with E-state index in [1.54, 1.807) is 36.4 Å². The Morgan fingerprint density at radius 1 is 1.00 bits per heavy atom. The predicted molar refractivity (Wildman–Crippen MR) is 84.1 cm³/mol. The maximum atomic E-state index is 12.3. The molecule has 19 heavy (non-hydrogen) atoms. The van der Waals surface area contributed by atoms with Crippen molar-refractivity contribution in [1.29, 1.82) is 0 Å². The van der Waals surface area contributed by atoms with Crippen molar-refractivity contribution in [1.82, 2.24) is 0 Å². The van der Waals surface area contributed by atoms with Gasteiger partial charge in [-0.15, -0.1) is 0 Å². The number of halogens is 3. The second-order valence-corrected chi connectivity index (χ2v) is 7.34. The van der Waals surface area contributed by atoms with Crippen LogP contribution in [0.4, 0.5) is 5.69 Å². The second-order valence-electron chi connectivity index (χ2n) is 3.64. The van der Waals surface area contributed by atoms with Crippen LogP contribution >= 0.6 is 43.5 Å². The third kappa shape index (κ3) is 3.31. The minimum Gasteiger partial charge on any atom is -0.278 e. The first kappa shape index (κ1) is 14.8. The molecular formula is C12H8Br2ClNO2S. The van der Waals surface area contributed by atoms with Crippen molar-refractivity contribution in [2.75, 3.05) is 4.72 Å². The Morgan fingerprint density at radius 3 is 2.37 bits per heavy atom. The molecule has 0 aliphatic rings. The van der Waals surface area contributed by atoms with Gasteiger partial charge in [0.15, 0.2) is 0 Å². The van der Waals surface area contributed by atoms with Gasteiger partial charge >= 0.3 is 0 Å². The van der Waals surface area contributed by atoms with Gasteiger partial charge in [-0.2, -0.15) is 0 Å². The quantitative estimate of drug-likeness (QED) is 0.777. The summed E-state index contributed by atoms with van der Waals surface area (Å²) in [5.74, 6) is 0. The number of anilines is 1. The minimum absolute atomic E-state index is 0.168. The first-order chi connectivity index (χ1) is 8.92.